The second-order valence-corrected chi connectivity index (χ2v) is 5.68. The summed E-state index contributed by atoms with van der Waals surface area (Å²) in [6.07, 6.45) is 5.55. The van der Waals surface area contributed by atoms with Crippen LogP contribution in [-0.2, 0) is 0 Å². The second kappa shape index (κ2) is 9.43. The first kappa shape index (κ1) is 17.5. The molecule has 0 aliphatic heterocycles. The van der Waals surface area contributed by atoms with Gasteiger partial charge in [0.05, 0.1) is 5.56 Å². The molecule has 2 N–H and O–H groups in total. The summed E-state index contributed by atoms with van der Waals surface area (Å²) in [6, 6.07) is 6.29. The van der Waals surface area contributed by atoms with Crippen LogP contribution in [0.5, 0.6) is 0 Å². The summed E-state index contributed by atoms with van der Waals surface area (Å²) in [5, 5.41) is 6.49. The van der Waals surface area contributed by atoms with E-state index < -0.39 is 0 Å². The smallest absolute Gasteiger partial charge is 0.253 e. The van der Waals surface area contributed by atoms with Crippen LogP contribution in [0.25, 0.3) is 0 Å². The van der Waals surface area contributed by atoms with Crippen molar-refractivity contribution in [1.82, 2.24) is 5.32 Å². The summed E-state index contributed by atoms with van der Waals surface area (Å²) in [5.74, 6) is 0.0456. The summed E-state index contributed by atoms with van der Waals surface area (Å²) in [7, 11) is 0. The SMILES string of the molecule is CCCCC(CCC)NC(=O)c1cc(C)ccc1NCC. The van der Waals surface area contributed by atoms with Crippen molar-refractivity contribution in [2.75, 3.05) is 11.9 Å². The molecule has 0 spiro atoms. The molecule has 0 aliphatic carbocycles. The molecule has 3 nitrogen and oxygen atoms in total. The minimum Gasteiger partial charge on any atom is -0.385 e. The number of carbonyl (C=O) groups excluding carboxylic acids is 1. The van der Waals surface area contributed by atoms with Crippen molar-refractivity contribution in [3.8, 4) is 0 Å². The van der Waals surface area contributed by atoms with E-state index in [-0.39, 0.29) is 11.9 Å². The number of hydrogen-bond donors (Lipinski definition) is 2. The number of hydrogen-bond acceptors (Lipinski definition) is 2. The zero-order valence-corrected chi connectivity index (χ0v) is 14.0. The molecule has 1 amide bonds. The Balaban J connectivity index is 2.82. The molecule has 1 rings (SSSR count). The highest BCUT2D eigenvalue weighted by Crippen LogP contribution is 2.18. The van der Waals surface area contributed by atoms with E-state index in [1.165, 1.54) is 12.8 Å². The molecule has 1 unspecified atom stereocenters. The summed E-state index contributed by atoms with van der Waals surface area (Å²) < 4.78 is 0. The van der Waals surface area contributed by atoms with Crippen molar-refractivity contribution in [2.24, 2.45) is 0 Å². The number of rotatable bonds is 9. The van der Waals surface area contributed by atoms with Gasteiger partial charge in [0.15, 0.2) is 0 Å². The number of carbonyl (C=O) groups is 1. The van der Waals surface area contributed by atoms with Crippen molar-refractivity contribution in [2.45, 2.75) is 65.8 Å². The molecule has 0 fully saturated rings. The van der Waals surface area contributed by atoms with E-state index in [1.54, 1.807) is 0 Å². The zero-order valence-electron chi connectivity index (χ0n) is 14.0. The molecule has 0 bridgehead atoms. The van der Waals surface area contributed by atoms with E-state index in [0.29, 0.717) is 0 Å². The molecule has 21 heavy (non-hydrogen) atoms. The minimum absolute atomic E-state index is 0.0456. The predicted molar refractivity (Wildman–Crippen MR) is 91.0 cm³/mol. The molecule has 1 aromatic rings. The molecular weight excluding hydrogens is 260 g/mol. The van der Waals surface area contributed by atoms with Gasteiger partial charge >= 0.3 is 0 Å². The van der Waals surface area contributed by atoms with Crippen molar-refractivity contribution >= 4 is 11.6 Å². The molecule has 3 heteroatoms. The summed E-state index contributed by atoms with van der Waals surface area (Å²) in [4.78, 5) is 12.6. The van der Waals surface area contributed by atoms with Crippen LogP contribution in [0.1, 0.15) is 68.8 Å². The Kier molecular flexibility index (Phi) is 7.88. The Bertz CT molecular complexity index is 443. The van der Waals surface area contributed by atoms with Crippen molar-refractivity contribution in [1.29, 1.82) is 0 Å². The van der Waals surface area contributed by atoms with Crippen molar-refractivity contribution in [3.63, 3.8) is 0 Å². The summed E-state index contributed by atoms with van der Waals surface area (Å²) >= 11 is 0. The first-order valence-electron chi connectivity index (χ1n) is 8.27. The molecule has 1 aromatic carbocycles. The number of anilines is 1. The van der Waals surface area contributed by atoms with Crippen LogP contribution in [0.2, 0.25) is 0 Å². The average molecular weight is 290 g/mol. The molecule has 0 heterocycles. The normalized spacial score (nSPS) is 12.0. The first-order chi connectivity index (χ1) is 10.1. The van der Waals surface area contributed by atoms with E-state index >= 15 is 0 Å². The van der Waals surface area contributed by atoms with Crippen LogP contribution >= 0.6 is 0 Å². The maximum Gasteiger partial charge on any atom is 0.253 e. The predicted octanol–water partition coefficient (Wildman–Crippen LogP) is 4.52. The second-order valence-electron chi connectivity index (χ2n) is 5.68. The lowest BCUT2D eigenvalue weighted by Crippen LogP contribution is -2.35. The molecule has 0 aliphatic rings. The van der Waals surface area contributed by atoms with E-state index in [9.17, 15) is 4.79 Å². The van der Waals surface area contributed by atoms with E-state index in [2.05, 4.69) is 24.5 Å². The van der Waals surface area contributed by atoms with Gasteiger partial charge in [-0.05, 0) is 38.8 Å². The Morgan fingerprint density at radius 1 is 1.14 bits per heavy atom. The third kappa shape index (κ3) is 5.78. The highest BCUT2D eigenvalue weighted by molar-refractivity contribution is 6.00. The van der Waals surface area contributed by atoms with Crippen LogP contribution in [0.4, 0.5) is 5.69 Å². The van der Waals surface area contributed by atoms with Crippen LogP contribution in [0, 0.1) is 6.92 Å². The van der Waals surface area contributed by atoms with Crippen molar-refractivity contribution < 1.29 is 4.79 Å². The molecule has 0 aromatic heterocycles. The lowest BCUT2D eigenvalue weighted by Gasteiger charge is -2.19. The standard InChI is InChI=1S/C18H30N2O/c1-5-8-10-15(9-6-2)20-18(21)16-13-14(4)11-12-17(16)19-7-3/h11-13,15,19H,5-10H2,1-4H3,(H,20,21). The maximum atomic E-state index is 12.6. The number of nitrogens with one attached hydrogen (secondary N) is 2. The van der Waals surface area contributed by atoms with Gasteiger partial charge in [0.2, 0.25) is 0 Å². The molecule has 1 atom stereocenters. The van der Waals surface area contributed by atoms with Gasteiger partial charge < -0.3 is 10.6 Å². The Morgan fingerprint density at radius 2 is 1.90 bits per heavy atom. The van der Waals surface area contributed by atoms with E-state index in [4.69, 9.17) is 0 Å². The summed E-state index contributed by atoms with van der Waals surface area (Å²) in [5.41, 5.74) is 2.79. The van der Waals surface area contributed by atoms with Gasteiger partial charge in [-0.15, -0.1) is 0 Å². The fraction of sp³-hybridized carbons (Fsp3) is 0.611. The largest absolute Gasteiger partial charge is 0.385 e. The number of aryl methyl sites for hydroxylation is 1. The van der Waals surface area contributed by atoms with Gasteiger partial charge in [-0.2, -0.15) is 0 Å². The van der Waals surface area contributed by atoms with Crippen molar-refractivity contribution in [3.05, 3.63) is 29.3 Å². The quantitative estimate of drug-likeness (QED) is 0.702. The Hall–Kier alpha value is -1.51. The number of unbranched alkanes of at least 4 members (excludes halogenated alkanes) is 1. The lowest BCUT2D eigenvalue weighted by atomic mass is 10.0. The molecule has 0 radical (unpaired) electrons. The highest BCUT2D eigenvalue weighted by Gasteiger charge is 2.15. The molecule has 0 saturated carbocycles. The Morgan fingerprint density at radius 3 is 2.52 bits per heavy atom. The fourth-order valence-corrected chi connectivity index (χ4v) is 2.54. The topological polar surface area (TPSA) is 41.1 Å². The minimum atomic E-state index is 0.0456. The average Bonchev–Trinajstić information content (AvgIpc) is 2.47. The first-order valence-corrected chi connectivity index (χ1v) is 8.27. The van der Waals surface area contributed by atoms with E-state index in [0.717, 1.165) is 42.6 Å². The maximum absolute atomic E-state index is 12.6. The van der Waals surface area contributed by atoms with Crippen LogP contribution in [0.15, 0.2) is 18.2 Å². The molecule has 0 saturated heterocycles. The van der Waals surface area contributed by atoms with Gasteiger partial charge in [-0.1, -0.05) is 44.7 Å². The monoisotopic (exact) mass is 290 g/mol. The van der Waals surface area contributed by atoms with Gasteiger partial charge in [0.1, 0.15) is 0 Å². The summed E-state index contributed by atoms with van der Waals surface area (Å²) in [6.45, 7) is 9.24. The fourth-order valence-electron chi connectivity index (χ4n) is 2.54. The van der Waals surface area contributed by atoms with Gasteiger partial charge in [-0.25, -0.2) is 0 Å². The number of amides is 1. The van der Waals surface area contributed by atoms with Crippen LogP contribution in [-0.4, -0.2) is 18.5 Å². The third-order valence-corrected chi connectivity index (χ3v) is 3.67. The van der Waals surface area contributed by atoms with Gasteiger partial charge in [0.25, 0.3) is 5.91 Å². The number of benzene rings is 1. The zero-order chi connectivity index (χ0) is 15.7. The van der Waals surface area contributed by atoms with Gasteiger partial charge in [0, 0.05) is 18.3 Å². The van der Waals surface area contributed by atoms with Gasteiger partial charge in [-0.3, -0.25) is 4.79 Å². The highest BCUT2D eigenvalue weighted by atomic mass is 16.1. The van der Waals surface area contributed by atoms with Crippen LogP contribution in [0.3, 0.4) is 0 Å². The lowest BCUT2D eigenvalue weighted by molar-refractivity contribution is 0.0933. The Labute approximate surface area is 129 Å². The molecule has 118 valence electrons. The third-order valence-electron chi connectivity index (χ3n) is 3.67. The molecular formula is C18H30N2O. The van der Waals surface area contributed by atoms with Crippen LogP contribution < -0.4 is 10.6 Å². The van der Waals surface area contributed by atoms with E-state index in [1.807, 2.05) is 32.0 Å².